The standard InChI is InChI=1S/C22H16F5N3O5/c23-9-1-4-12(14(24)5-9)19(22(25,26)27)28-20(33)13-7-29-8-15-30(10-2-3-11(6-10)35-15)21(34)16(29)18(32)17(13)31/h1-2,4-5,7,11,15,19,32H,3,6,8H2,(H,28,33)/t11-,15?,19+/m1/s1. The van der Waals surface area contributed by atoms with Crippen LogP contribution in [-0.2, 0) is 11.3 Å². The molecule has 2 aromatic rings. The van der Waals surface area contributed by atoms with Gasteiger partial charge in [0.1, 0.15) is 17.2 Å². The van der Waals surface area contributed by atoms with Crippen LogP contribution in [0, 0.1) is 11.6 Å². The predicted molar refractivity (Wildman–Crippen MR) is 107 cm³/mol. The second-order valence-electron chi connectivity index (χ2n) is 8.36. The number of hydrogen-bond donors (Lipinski definition) is 2. The zero-order valence-electron chi connectivity index (χ0n) is 17.6. The minimum absolute atomic E-state index is 0.0989. The molecule has 3 heterocycles. The normalized spacial score (nSPS) is 21.8. The Morgan fingerprint density at radius 1 is 1.23 bits per heavy atom. The van der Waals surface area contributed by atoms with Gasteiger partial charge in [-0.2, -0.15) is 13.2 Å². The highest BCUT2D eigenvalue weighted by Gasteiger charge is 2.46. The molecule has 1 saturated heterocycles. The van der Waals surface area contributed by atoms with Crippen LogP contribution in [0.1, 0.15) is 45.3 Å². The number of carbonyl (C=O) groups excluding carboxylic acids is 2. The van der Waals surface area contributed by atoms with E-state index in [1.54, 1.807) is 6.08 Å². The molecule has 2 bridgehead atoms. The maximum atomic E-state index is 14.1. The van der Waals surface area contributed by atoms with Gasteiger partial charge in [0.2, 0.25) is 5.43 Å². The number of nitrogens with zero attached hydrogens (tertiary/aromatic N) is 2. The lowest BCUT2D eigenvalue weighted by Crippen LogP contribution is -2.53. The first kappa shape index (κ1) is 23.0. The van der Waals surface area contributed by atoms with Crippen molar-refractivity contribution < 1.29 is 41.4 Å². The molecule has 0 radical (unpaired) electrons. The Bertz CT molecular complexity index is 1350. The second kappa shape index (κ2) is 7.90. The lowest BCUT2D eigenvalue weighted by Gasteiger charge is -2.42. The first-order valence-corrected chi connectivity index (χ1v) is 10.4. The van der Waals surface area contributed by atoms with Gasteiger partial charge in [0.15, 0.2) is 23.7 Å². The molecule has 1 unspecified atom stereocenters. The number of pyridine rings is 1. The molecule has 13 heteroatoms. The van der Waals surface area contributed by atoms with E-state index in [4.69, 9.17) is 4.74 Å². The van der Waals surface area contributed by atoms with Gasteiger partial charge in [-0.05, 0) is 12.5 Å². The Hall–Kier alpha value is -3.74. The van der Waals surface area contributed by atoms with E-state index in [0.717, 1.165) is 10.8 Å². The van der Waals surface area contributed by atoms with Crippen molar-refractivity contribution >= 4 is 11.8 Å². The lowest BCUT2D eigenvalue weighted by molar-refractivity contribution is -0.155. The van der Waals surface area contributed by atoms with Crippen molar-refractivity contribution in [2.45, 2.75) is 43.9 Å². The van der Waals surface area contributed by atoms with E-state index in [1.165, 1.54) is 10.2 Å². The van der Waals surface area contributed by atoms with E-state index in [9.17, 15) is 41.4 Å². The third-order valence-corrected chi connectivity index (χ3v) is 6.15. The molecule has 1 fully saturated rings. The van der Waals surface area contributed by atoms with Gasteiger partial charge >= 0.3 is 6.18 Å². The SMILES string of the molecule is O=C(N[C@@H](c1ccc(F)cc1F)C(F)(F)F)c1cn2c(c(O)c1=O)C(=O)N1C3=CC[C@H](C3)OC1C2. The summed E-state index contributed by atoms with van der Waals surface area (Å²) < 4.78 is 75.1. The Balaban J connectivity index is 1.51. The van der Waals surface area contributed by atoms with Gasteiger partial charge in [0.25, 0.3) is 11.8 Å². The van der Waals surface area contributed by atoms with Crippen LogP contribution in [0.15, 0.2) is 41.0 Å². The number of ether oxygens (including phenoxy) is 1. The van der Waals surface area contributed by atoms with Crippen LogP contribution in [0.5, 0.6) is 5.75 Å². The average Bonchev–Trinajstić information content (AvgIpc) is 3.14. The molecule has 2 amide bonds. The zero-order chi connectivity index (χ0) is 25.2. The Labute approximate surface area is 193 Å². The molecule has 8 nitrogen and oxygen atoms in total. The van der Waals surface area contributed by atoms with E-state index in [2.05, 4.69) is 0 Å². The van der Waals surface area contributed by atoms with Crippen LogP contribution in [0.2, 0.25) is 0 Å². The minimum atomic E-state index is -5.21. The third-order valence-electron chi connectivity index (χ3n) is 6.15. The van der Waals surface area contributed by atoms with E-state index >= 15 is 0 Å². The number of nitrogens with one attached hydrogen (secondary N) is 1. The number of hydrogen-bond acceptors (Lipinski definition) is 5. The Morgan fingerprint density at radius 2 is 1.97 bits per heavy atom. The van der Waals surface area contributed by atoms with Crippen molar-refractivity contribution in [2.75, 3.05) is 0 Å². The van der Waals surface area contributed by atoms with Crippen molar-refractivity contribution in [2.24, 2.45) is 0 Å². The molecule has 0 saturated carbocycles. The fourth-order valence-electron chi connectivity index (χ4n) is 4.56. The number of carbonyl (C=O) groups is 2. The van der Waals surface area contributed by atoms with E-state index in [1.807, 2.05) is 0 Å². The molecule has 2 aliphatic heterocycles. The van der Waals surface area contributed by atoms with E-state index in [-0.39, 0.29) is 18.7 Å². The summed E-state index contributed by atoms with van der Waals surface area (Å²) in [6.07, 6.45) is -2.45. The number of aromatic hydroxyl groups is 1. The van der Waals surface area contributed by atoms with Gasteiger partial charge in [0.05, 0.1) is 12.6 Å². The molecule has 3 aliphatic rings. The number of amides is 2. The molecule has 184 valence electrons. The summed E-state index contributed by atoms with van der Waals surface area (Å²) in [7, 11) is 0. The molecule has 3 atom stereocenters. The quantitative estimate of drug-likeness (QED) is 0.636. The maximum Gasteiger partial charge on any atom is 0.412 e. The van der Waals surface area contributed by atoms with E-state index < -0.39 is 69.9 Å². The van der Waals surface area contributed by atoms with Crippen LogP contribution in [0.3, 0.4) is 0 Å². The summed E-state index contributed by atoms with van der Waals surface area (Å²) >= 11 is 0. The van der Waals surface area contributed by atoms with Crippen molar-refractivity contribution in [1.82, 2.24) is 14.8 Å². The molecule has 0 spiro atoms. The third kappa shape index (κ3) is 3.75. The fourth-order valence-corrected chi connectivity index (χ4v) is 4.56. The number of benzene rings is 1. The maximum absolute atomic E-state index is 14.1. The molecule has 1 aromatic heterocycles. The Morgan fingerprint density at radius 3 is 2.66 bits per heavy atom. The number of aromatic nitrogens is 1. The van der Waals surface area contributed by atoms with Gasteiger partial charge in [-0.25, -0.2) is 8.78 Å². The Kier molecular flexibility index (Phi) is 5.20. The highest BCUT2D eigenvalue weighted by molar-refractivity contribution is 6.00. The van der Waals surface area contributed by atoms with Gasteiger partial charge in [-0.1, -0.05) is 12.1 Å². The van der Waals surface area contributed by atoms with E-state index in [0.29, 0.717) is 30.7 Å². The minimum Gasteiger partial charge on any atom is -0.503 e. The number of rotatable bonds is 3. The molecule has 35 heavy (non-hydrogen) atoms. The molecule has 2 N–H and O–H groups in total. The van der Waals surface area contributed by atoms with Crippen LogP contribution >= 0.6 is 0 Å². The summed E-state index contributed by atoms with van der Waals surface area (Å²) in [6, 6.07) is -1.58. The van der Waals surface area contributed by atoms with Crippen molar-refractivity contribution in [3.8, 4) is 5.75 Å². The van der Waals surface area contributed by atoms with Gasteiger partial charge in [-0.15, -0.1) is 0 Å². The highest BCUT2D eigenvalue weighted by Crippen LogP contribution is 2.38. The van der Waals surface area contributed by atoms with Crippen molar-refractivity contribution in [1.29, 1.82) is 0 Å². The molecule has 1 aliphatic carbocycles. The zero-order valence-corrected chi connectivity index (χ0v) is 17.6. The summed E-state index contributed by atoms with van der Waals surface area (Å²) in [6.45, 7) is -0.0989. The summed E-state index contributed by atoms with van der Waals surface area (Å²) in [4.78, 5) is 39.7. The monoisotopic (exact) mass is 497 g/mol. The summed E-state index contributed by atoms with van der Waals surface area (Å²) in [5.41, 5.74) is -3.11. The van der Waals surface area contributed by atoms with Crippen LogP contribution < -0.4 is 10.7 Å². The van der Waals surface area contributed by atoms with Crippen molar-refractivity contribution in [3.05, 3.63) is 74.8 Å². The number of alkyl halides is 3. The molecular weight excluding hydrogens is 481 g/mol. The lowest BCUT2D eigenvalue weighted by atomic mass is 10.0. The number of fused-ring (bicyclic) bond motifs is 5. The van der Waals surface area contributed by atoms with Crippen molar-refractivity contribution in [3.63, 3.8) is 0 Å². The van der Waals surface area contributed by atoms with Gasteiger partial charge < -0.3 is 19.7 Å². The molecular formula is C22H16F5N3O5. The predicted octanol–water partition coefficient (Wildman–Crippen LogP) is 2.72. The fraction of sp³-hybridized carbons (Fsp3) is 0.318. The van der Waals surface area contributed by atoms with Crippen LogP contribution in [-0.4, -0.2) is 44.9 Å². The average molecular weight is 497 g/mol. The first-order chi connectivity index (χ1) is 16.5. The smallest absolute Gasteiger partial charge is 0.412 e. The molecule has 5 rings (SSSR count). The highest BCUT2D eigenvalue weighted by atomic mass is 19.4. The second-order valence-corrected chi connectivity index (χ2v) is 8.36. The summed E-state index contributed by atoms with van der Waals surface area (Å²) in [5, 5.41) is 12.0. The summed E-state index contributed by atoms with van der Waals surface area (Å²) in [5.74, 6) is -6.12. The molecule has 1 aromatic carbocycles. The largest absolute Gasteiger partial charge is 0.503 e. The number of halogens is 5. The topological polar surface area (TPSA) is 101 Å². The first-order valence-electron chi connectivity index (χ1n) is 10.4. The van der Waals surface area contributed by atoms with Crippen LogP contribution in [0.4, 0.5) is 22.0 Å². The van der Waals surface area contributed by atoms with Crippen LogP contribution in [0.25, 0.3) is 0 Å². The van der Waals surface area contributed by atoms with Gasteiger partial charge in [-0.3, -0.25) is 19.3 Å². The van der Waals surface area contributed by atoms with Gasteiger partial charge in [0, 0.05) is 29.9 Å².